The van der Waals surface area contributed by atoms with Crippen molar-refractivity contribution in [3.63, 3.8) is 0 Å². The molecule has 0 aliphatic heterocycles. The van der Waals surface area contributed by atoms with Crippen LogP contribution in [0.5, 0.6) is 0 Å². The molecule has 0 saturated heterocycles. The van der Waals surface area contributed by atoms with E-state index in [1.807, 2.05) is 0 Å². The maximum atomic E-state index is 12.2. The molecule has 78 valence electrons. The highest BCUT2D eigenvalue weighted by Gasteiger charge is 2.39. The van der Waals surface area contributed by atoms with Crippen LogP contribution in [0.25, 0.3) is 0 Å². The Kier molecular flexibility index (Phi) is 3.56. The van der Waals surface area contributed by atoms with Gasteiger partial charge in [-0.15, -0.1) is 11.6 Å². The number of halogens is 6. The first kappa shape index (κ1) is 12.0. The molecule has 0 aromatic heterocycles. The van der Waals surface area contributed by atoms with Crippen molar-refractivity contribution < 1.29 is 13.2 Å². The maximum absolute atomic E-state index is 12.2. The summed E-state index contributed by atoms with van der Waals surface area (Å²) in [7, 11) is 0. The summed E-state index contributed by atoms with van der Waals surface area (Å²) >= 11 is 16.3. The van der Waals surface area contributed by atoms with Crippen molar-refractivity contribution in [2.75, 3.05) is 0 Å². The highest BCUT2D eigenvalue weighted by atomic mass is 35.5. The van der Waals surface area contributed by atoms with E-state index in [9.17, 15) is 13.2 Å². The topological polar surface area (TPSA) is 0 Å². The lowest BCUT2D eigenvalue weighted by Gasteiger charge is -2.14. The van der Waals surface area contributed by atoms with Crippen LogP contribution < -0.4 is 0 Å². The van der Waals surface area contributed by atoms with Crippen LogP contribution in [0, 0.1) is 0 Å². The molecule has 0 radical (unpaired) electrons. The van der Waals surface area contributed by atoms with Crippen LogP contribution in [0.4, 0.5) is 13.2 Å². The predicted octanol–water partition coefficient (Wildman–Crippen LogP) is 4.84. The van der Waals surface area contributed by atoms with Crippen molar-refractivity contribution in [3.8, 4) is 0 Å². The van der Waals surface area contributed by atoms with Gasteiger partial charge in [-0.3, -0.25) is 0 Å². The number of hydrogen-bond donors (Lipinski definition) is 0. The van der Waals surface area contributed by atoms with Crippen LogP contribution in [-0.2, 0) is 0 Å². The molecular formula is C8H4Cl3F3. The summed E-state index contributed by atoms with van der Waals surface area (Å²) in [4.78, 5) is 0. The first-order chi connectivity index (χ1) is 6.30. The van der Waals surface area contributed by atoms with E-state index in [0.717, 1.165) is 12.1 Å². The molecule has 1 unspecified atom stereocenters. The molecular weight excluding hydrogens is 259 g/mol. The van der Waals surface area contributed by atoms with Gasteiger partial charge in [0.15, 0.2) is 5.38 Å². The molecule has 6 heteroatoms. The molecule has 0 N–H and O–H groups in total. The van der Waals surface area contributed by atoms with E-state index in [4.69, 9.17) is 34.8 Å². The number of hydrogen-bond acceptors (Lipinski definition) is 0. The fourth-order valence-corrected chi connectivity index (χ4v) is 1.58. The summed E-state index contributed by atoms with van der Waals surface area (Å²) in [6.45, 7) is 0. The van der Waals surface area contributed by atoms with Gasteiger partial charge in [0.05, 0.1) is 0 Å². The lowest BCUT2D eigenvalue weighted by atomic mass is 10.1. The Bertz CT molecular complexity index is 315. The smallest absolute Gasteiger partial charge is 0.169 e. The van der Waals surface area contributed by atoms with Gasteiger partial charge in [-0.25, -0.2) is 0 Å². The summed E-state index contributed by atoms with van der Waals surface area (Å²) in [5, 5.41) is -1.83. The molecule has 0 bridgehead atoms. The molecule has 0 aliphatic rings. The minimum absolute atomic E-state index is 0.127. The SMILES string of the molecule is FC(F)(F)C(Cl)c1cc(Cl)cc(Cl)c1. The van der Waals surface area contributed by atoms with Crippen LogP contribution in [0.1, 0.15) is 10.9 Å². The first-order valence-electron chi connectivity index (χ1n) is 3.47. The molecule has 0 fully saturated rings. The van der Waals surface area contributed by atoms with Crippen LogP contribution in [0.2, 0.25) is 10.0 Å². The van der Waals surface area contributed by atoms with Crippen molar-refractivity contribution in [2.45, 2.75) is 11.6 Å². The third kappa shape index (κ3) is 2.94. The third-order valence-electron chi connectivity index (χ3n) is 1.46. The Hall–Kier alpha value is -0.120. The zero-order valence-corrected chi connectivity index (χ0v) is 8.84. The second kappa shape index (κ2) is 4.17. The zero-order chi connectivity index (χ0) is 10.9. The third-order valence-corrected chi connectivity index (χ3v) is 2.40. The van der Waals surface area contributed by atoms with E-state index in [2.05, 4.69) is 0 Å². The second-order valence-electron chi connectivity index (χ2n) is 2.61. The first-order valence-corrected chi connectivity index (χ1v) is 4.66. The molecule has 14 heavy (non-hydrogen) atoms. The maximum Gasteiger partial charge on any atom is 0.408 e. The predicted molar refractivity (Wildman–Crippen MR) is 51.1 cm³/mol. The van der Waals surface area contributed by atoms with E-state index < -0.39 is 11.6 Å². The minimum atomic E-state index is -4.50. The molecule has 0 aliphatic carbocycles. The van der Waals surface area contributed by atoms with Gasteiger partial charge in [0.1, 0.15) is 0 Å². The molecule has 0 amide bonds. The van der Waals surface area contributed by atoms with Crippen LogP contribution >= 0.6 is 34.8 Å². The summed E-state index contributed by atoms with van der Waals surface area (Å²) in [6.07, 6.45) is -4.50. The second-order valence-corrected chi connectivity index (χ2v) is 3.92. The minimum Gasteiger partial charge on any atom is -0.169 e. The molecule has 0 saturated carbocycles. The molecule has 0 nitrogen and oxygen atoms in total. The van der Waals surface area contributed by atoms with Gasteiger partial charge in [-0.05, 0) is 23.8 Å². The largest absolute Gasteiger partial charge is 0.408 e. The summed E-state index contributed by atoms with van der Waals surface area (Å²) in [5.41, 5.74) is -0.156. The summed E-state index contributed by atoms with van der Waals surface area (Å²) in [6, 6.07) is 3.61. The van der Waals surface area contributed by atoms with Gasteiger partial charge in [-0.1, -0.05) is 23.2 Å². The van der Waals surface area contributed by atoms with Crippen LogP contribution in [0.3, 0.4) is 0 Å². The molecule has 1 aromatic rings. The summed E-state index contributed by atoms with van der Waals surface area (Å²) in [5.74, 6) is 0. The Morgan fingerprint density at radius 3 is 1.79 bits per heavy atom. The van der Waals surface area contributed by atoms with Crippen molar-refractivity contribution in [1.82, 2.24) is 0 Å². The van der Waals surface area contributed by atoms with Crippen molar-refractivity contribution >= 4 is 34.8 Å². The van der Waals surface area contributed by atoms with E-state index in [-0.39, 0.29) is 15.6 Å². The average molecular weight is 263 g/mol. The summed E-state index contributed by atoms with van der Waals surface area (Å²) < 4.78 is 36.5. The fraction of sp³-hybridized carbons (Fsp3) is 0.250. The Morgan fingerprint density at radius 1 is 1.00 bits per heavy atom. The quantitative estimate of drug-likeness (QED) is 0.636. The number of benzene rings is 1. The van der Waals surface area contributed by atoms with Crippen LogP contribution in [-0.4, -0.2) is 6.18 Å². The van der Waals surface area contributed by atoms with Gasteiger partial charge < -0.3 is 0 Å². The van der Waals surface area contributed by atoms with Gasteiger partial charge >= 0.3 is 6.18 Å². The monoisotopic (exact) mass is 262 g/mol. The van der Waals surface area contributed by atoms with Gasteiger partial charge in [-0.2, -0.15) is 13.2 Å². The highest BCUT2D eigenvalue weighted by molar-refractivity contribution is 6.35. The van der Waals surface area contributed by atoms with E-state index in [1.54, 1.807) is 0 Å². The molecule has 1 aromatic carbocycles. The Balaban J connectivity index is 3.07. The molecule has 0 spiro atoms. The van der Waals surface area contributed by atoms with Crippen LogP contribution in [0.15, 0.2) is 18.2 Å². The van der Waals surface area contributed by atoms with Crippen molar-refractivity contribution in [2.24, 2.45) is 0 Å². The van der Waals surface area contributed by atoms with Crippen molar-refractivity contribution in [1.29, 1.82) is 0 Å². The highest BCUT2D eigenvalue weighted by Crippen LogP contribution is 2.39. The van der Waals surface area contributed by atoms with Gasteiger partial charge in [0, 0.05) is 10.0 Å². The normalized spacial score (nSPS) is 14.1. The average Bonchev–Trinajstić information content (AvgIpc) is 1.99. The molecule has 1 atom stereocenters. The standard InChI is InChI=1S/C8H4Cl3F3/c9-5-1-4(2-6(10)3-5)7(11)8(12,13)14/h1-3,7H. The molecule has 0 heterocycles. The van der Waals surface area contributed by atoms with Crippen molar-refractivity contribution in [3.05, 3.63) is 33.8 Å². The van der Waals surface area contributed by atoms with E-state index >= 15 is 0 Å². The number of rotatable bonds is 1. The Morgan fingerprint density at radius 2 is 1.43 bits per heavy atom. The Labute approximate surface area is 93.6 Å². The lowest BCUT2D eigenvalue weighted by Crippen LogP contribution is -2.15. The van der Waals surface area contributed by atoms with Gasteiger partial charge in [0.25, 0.3) is 0 Å². The fourth-order valence-electron chi connectivity index (χ4n) is 0.910. The zero-order valence-electron chi connectivity index (χ0n) is 6.58. The van der Waals surface area contributed by atoms with Gasteiger partial charge in [0.2, 0.25) is 0 Å². The number of alkyl halides is 4. The molecule has 1 rings (SSSR count). The van der Waals surface area contributed by atoms with E-state index in [0.29, 0.717) is 0 Å². The lowest BCUT2D eigenvalue weighted by molar-refractivity contribution is -0.131. The van der Waals surface area contributed by atoms with E-state index in [1.165, 1.54) is 6.07 Å².